The zero-order valence-electron chi connectivity index (χ0n) is 9.59. The number of aromatic nitrogens is 1. The number of rotatable bonds is 2. The third-order valence-electron chi connectivity index (χ3n) is 2.79. The van der Waals surface area contributed by atoms with Gasteiger partial charge < -0.3 is 10.0 Å². The number of pyridine rings is 1. The maximum Gasteiger partial charge on any atom is 0.0931 e. The molecule has 4 heteroatoms. The third-order valence-corrected chi connectivity index (χ3v) is 3.83. The zero-order chi connectivity index (χ0) is 11.4. The molecule has 0 saturated carbocycles. The summed E-state index contributed by atoms with van der Waals surface area (Å²) in [5.74, 6) is 2.45. The lowest BCUT2D eigenvalue weighted by Gasteiger charge is -2.22. The highest BCUT2D eigenvalue weighted by atomic mass is 32.2. The first-order valence-electron chi connectivity index (χ1n) is 5.74. The lowest BCUT2D eigenvalue weighted by atomic mass is 10.2. The Bertz CT molecular complexity index is 318. The Labute approximate surface area is 101 Å². The molecule has 0 aliphatic carbocycles. The van der Waals surface area contributed by atoms with Gasteiger partial charge in [0.2, 0.25) is 0 Å². The SMILES string of the molecule is C[C@H](O)c1ccc(N2CCCSCC2)cn1. The minimum absolute atomic E-state index is 0.478. The van der Waals surface area contributed by atoms with Crippen LogP contribution in [0.5, 0.6) is 0 Å². The molecule has 1 aromatic rings. The van der Waals surface area contributed by atoms with Crippen molar-refractivity contribution >= 4 is 17.4 Å². The average molecular weight is 238 g/mol. The summed E-state index contributed by atoms with van der Waals surface area (Å²) in [5, 5.41) is 9.39. The van der Waals surface area contributed by atoms with E-state index >= 15 is 0 Å². The summed E-state index contributed by atoms with van der Waals surface area (Å²) in [6, 6.07) is 3.98. The molecule has 1 fully saturated rings. The molecule has 1 aliphatic heterocycles. The summed E-state index contributed by atoms with van der Waals surface area (Å²) in [6.07, 6.45) is 2.63. The second-order valence-corrected chi connectivity index (χ2v) is 5.29. The van der Waals surface area contributed by atoms with Crippen LogP contribution in [-0.4, -0.2) is 34.7 Å². The predicted molar refractivity (Wildman–Crippen MR) is 69.0 cm³/mol. The molecule has 2 rings (SSSR count). The molecule has 2 heterocycles. The average Bonchev–Trinajstić information content (AvgIpc) is 2.57. The van der Waals surface area contributed by atoms with E-state index in [0.29, 0.717) is 0 Å². The van der Waals surface area contributed by atoms with E-state index in [9.17, 15) is 5.11 Å². The first-order chi connectivity index (χ1) is 7.77. The minimum atomic E-state index is -0.478. The summed E-state index contributed by atoms with van der Waals surface area (Å²) in [5.41, 5.74) is 1.92. The van der Waals surface area contributed by atoms with Crippen LogP contribution in [-0.2, 0) is 0 Å². The maximum atomic E-state index is 9.39. The van der Waals surface area contributed by atoms with E-state index < -0.39 is 6.10 Å². The largest absolute Gasteiger partial charge is 0.387 e. The van der Waals surface area contributed by atoms with Gasteiger partial charge in [-0.15, -0.1) is 0 Å². The predicted octanol–water partition coefficient (Wildman–Crippen LogP) is 2.08. The molecule has 0 amide bonds. The van der Waals surface area contributed by atoms with Crippen LogP contribution < -0.4 is 4.90 Å². The fourth-order valence-electron chi connectivity index (χ4n) is 1.84. The van der Waals surface area contributed by atoms with Gasteiger partial charge in [-0.1, -0.05) is 0 Å². The number of aliphatic hydroxyl groups is 1. The van der Waals surface area contributed by atoms with E-state index in [-0.39, 0.29) is 0 Å². The van der Waals surface area contributed by atoms with Crippen molar-refractivity contribution in [1.29, 1.82) is 0 Å². The normalized spacial score (nSPS) is 19.2. The van der Waals surface area contributed by atoms with Crippen LogP contribution >= 0.6 is 11.8 Å². The molecule has 1 aromatic heterocycles. The van der Waals surface area contributed by atoms with Crippen LogP contribution in [0.15, 0.2) is 18.3 Å². The summed E-state index contributed by atoms with van der Waals surface area (Å²) >= 11 is 2.02. The smallest absolute Gasteiger partial charge is 0.0931 e. The van der Waals surface area contributed by atoms with E-state index in [1.807, 2.05) is 24.0 Å². The number of nitrogens with zero attached hydrogens (tertiary/aromatic N) is 2. The quantitative estimate of drug-likeness (QED) is 0.856. The fourth-order valence-corrected chi connectivity index (χ4v) is 2.72. The Kier molecular flexibility index (Phi) is 4.07. The van der Waals surface area contributed by atoms with E-state index in [1.165, 1.54) is 23.6 Å². The molecule has 1 N–H and O–H groups in total. The molecule has 1 aliphatic rings. The van der Waals surface area contributed by atoms with Gasteiger partial charge in [-0.05, 0) is 31.2 Å². The molecule has 1 saturated heterocycles. The Morgan fingerprint density at radius 3 is 2.94 bits per heavy atom. The van der Waals surface area contributed by atoms with Gasteiger partial charge in [0.15, 0.2) is 0 Å². The molecule has 88 valence electrons. The van der Waals surface area contributed by atoms with Gasteiger partial charge in [0.1, 0.15) is 0 Å². The molecule has 0 bridgehead atoms. The minimum Gasteiger partial charge on any atom is -0.387 e. The molecule has 0 radical (unpaired) electrons. The molecule has 0 aromatic carbocycles. The first kappa shape index (κ1) is 11.7. The Balaban J connectivity index is 2.07. The van der Waals surface area contributed by atoms with Crippen LogP contribution in [0.3, 0.4) is 0 Å². The Morgan fingerprint density at radius 1 is 1.38 bits per heavy atom. The highest BCUT2D eigenvalue weighted by Gasteiger charge is 2.10. The Hall–Kier alpha value is -0.740. The second kappa shape index (κ2) is 5.55. The summed E-state index contributed by atoms with van der Waals surface area (Å²) in [6.45, 7) is 3.95. The van der Waals surface area contributed by atoms with Crippen molar-refractivity contribution in [2.75, 3.05) is 29.5 Å². The van der Waals surface area contributed by atoms with Gasteiger partial charge in [-0.25, -0.2) is 0 Å². The molecular formula is C12H18N2OS. The van der Waals surface area contributed by atoms with Gasteiger partial charge in [-0.3, -0.25) is 4.98 Å². The van der Waals surface area contributed by atoms with E-state index in [4.69, 9.17) is 0 Å². The van der Waals surface area contributed by atoms with Crippen molar-refractivity contribution in [3.05, 3.63) is 24.0 Å². The molecule has 0 spiro atoms. The van der Waals surface area contributed by atoms with Gasteiger partial charge in [0.25, 0.3) is 0 Å². The highest BCUT2D eigenvalue weighted by molar-refractivity contribution is 7.99. The lowest BCUT2D eigenvalue weighted by molar-refractivity contribution is 0.194. The van der Waals surface area contributed by atoms with Crippen LogP contribution in [0, 0.1) is 0 Å². The van der Waals surface area contributed by atoms with Gasteiger partial charge in [-0.2, -0.15) is 11.8 Å². The zero-order valence-corrected chi connectivity index (χ0v) is 10.4. The topological polar surface area (TPSA) is 36.4 Å². The second-order valence-electron chi connectivity index (χ2n) is 4.07. The Morgan fingerprint density at radius 2 is 2.25 bits per heavy atom. The number of aliphatic hydroxyl groups excluding tert-OH is 1. The van der Waals surface area contributed by atoms with Crippen LogP contribution in [0.4, 0.5) is 5.69 Å². The van der Waals surface area contributed by atoms with Crippen molar-refractivity contribution in [2.45, 2.75) is 19.4 Å². The van der Waals surface area contributed by atoms with Gasteiger partial charge in [0.05, 0.1) is 23.7 Å². The number of hydrogen-bond donors (Lipinski definition) is 1. The van der Waals surface area contributed by atoms with E-state index in [1.54, 1.807) is 6.92 Å². The van der Waals surface area contributed by atoms with Crippen molar-refractivity contribution in [1.82, 2.24) is 4.98 Å². The number of hydrogen-bond acceptors (Lipinski definition) is 4. The van der Waals surface area contributed by atoms with Crippen LogP contribution in [0.2, 0.25) is 0 Å². The molecule has 0 unspecified atom stereocenters. The fraction of sp³-hybridized carbons (Fsp3) is 0.583. The van der Waals surface area contributed by atoms with Crippen LogP contribution in [0.25, 0.3) is 0 Å². The van der Waals surface area contributed by atoms with Gasteiger partial charge in [0, 0.05) is 18.8 Å². The van der Waals surface area contributed by atoms with Crippen molar-refractivity contribution in [3.8, 4) is 0 Å². The van der Waals surface area contributed by atoms with E-state index in [0.717, 1.165) is 18.8 Å². The summed E-state index contributed by atoms with van der Waals surface area (Å²) < 4.78 is 0. The van der Waals surface area contributed by atoms with Crippen molar-refractivity contribution in [2.24, 2.45) is 0 Å². The molecule has 3 nitrogen and oxygen atoms in total. The lowest BCUT2D eigenvalue weighted by Crippen LogP contribution is -2.25. The highest BCUT2D eigenvalue weighted by Crippen LogP contribution is 2.19. The molecular weight excluding hydrogens is 220 g/mol. The monoisotopic (exact) mass is 238 g/mol. The standard InChI is InChI=1S/C12H18N2OS/c1-10(15)12-4-3-11(9-13-12)14-5-2-7-16-8-6-14/h3-4,9-10,15H,2,5-8H2,1H3/t10-/m0/s1. The summed E-state index contributed by atoms with van der Waals surface area (Å²) in [4.78, 5) is 6.66. The first-order valence-corrected chi connectivity index (χ1v) is 6.89. The number of anilines is 1. The third kappa shape index (κ3) is 2.89. The van der Waals surface area contributed by atoms with Crippen molar-refractivity contribution < 1.29 is 5.11 Å². The molecule has 16 heavy (non-hydrogen) atoms. The van der Waals surface area contributed by atoms with Crippen molar-refractivity contribution in [3.63, 3.8) is 0 Å². The number of thioether (sulfide) groups is 1. The summed E-state index contributed by atoms with van der Waals surface area (Å²) in [7, 11) is 0. The van der Waals surface area contributed by atoms with Gasteiger partial charge >= 0.3 is 0 Å². The molecule has 1 atom stereocenters. The maximum absolute atomic E-state index is 9.39. The van der Waals surface area contributed by atoms with Crippen LogP contribution in [0.1, 0.15) is 25.1 Å². The van der Waals surface area contributed by atoms with E-state index in [2.05, 4.69) is 16.0 Å².